The van der Waals surface area contributed by atoms with Crippen LogP contribution in [0.2, 0.25) is 0 Å². The third-order valence-corrected chi connectivity index (χ3v) is 2.36. The van der Waals surface area contributed by atoms with Gasteiger partial charge in [0.1, 0.15) is 0 Å². The number of allylic oxidation sites excluding steroid dienone is 1. The Hall–Kier alpha value is -1.32. The molecule has 0 aliphatic carbocycles. The number of nitrogens with one attached hydrogen (secondary N) is 1. The Morgan fingerprint density at radius 1 is 1.38 bits per heavy atom. The van der Waals surface area contributed by atoms with Crippen LogP contribution < -0.4 is 5.32 Å². The van der Waals surface area contributed by atoms with Crippen molar-refractivity contribution in [2.24, 2.45) is 5.92 Å². The van der Waals surface area contributed by atoms with Gasteiger partial charge in [0, 0.05) is 12.1 Å². The molecule has 0 bridgehead atoms. The second-order valence-electron chi connectivity index (χ2n) is 3.83. The fourth-order valence-electron chi connectivity index (χ4n) is 1.42. The minimum atomic E-state index is -0.848. The molecule has 4 heteroatoms. The maximum Gasteiger partial charge on any atom is 0.308 e. The summed E-state index contributed by atoms with van der Waals surface area (Å²) >= 11 is 0. The van der Waals surface area contributed by atoms with Gasteiger partial charge in [-0.2, -0.15) is 0 Å². The normalized spacial score (nSPS) is 13.3. The van der Waals surface area contributed by atoms with Crippen LogP contribution in [-0.2, 0) is 9.59 Å². The molecule has 16 heavy (non-hydrogen) atoms. The predicted molar refractivity (Wildman–Crippen MR) is 63.1 cm³/mol. The highest BCUT2D eigenvalue weighted by Crippen LogP contribution is 2.05. The molecule has 1 amide bonds. The third kappa shape index (κ3) is 5.53. The number of carbonyl (C=O) groups is 2. The lowest BCUT2D eigenvalue weighted by Crippen LogP contribution is -2.33. The topological polar surface area (TPSA) is 66.4 Å². The Labute approximate surface area is 96.7 Å². The van der Waals surface area contributed by atoms with Gasteiger partial charge in [-0.25, -0.2) is 0 Å². The number of carbonyl (C=O) groups excluding carboxylic acids is 1. The van der Waals surface area contributed by atoms with Gasteiger partial charge in [-0.3, -0.25) is 9.59 Å². The zero-order valence-electron chi connectivity index (χ0n) is 10.2. The summed E-state index contributed by atoms with van der Waals surface area (Å²) in [6, 6.07) is 0. The van der Waals surface area contributed by atoms with Gasteiger partial charge >= 0.3 is 5.97 Å². The Bertz CT molecular complexity index is 271. The summed E-state index contributed by atoms with van der Waals surface area (Å²) in [6.07, 6.45) is 4.02. The van der Waals surface area contributed by atoms with Crippen molar-refractivity contribution < 1.29 is 14.7 Å². The van der Waals surface area contributed by atoms with E-state index in [0.717, 1.165) is 12.8 Å². The lowest BCUT2D eigenvalue weighted by atomic mass is 10.0. The first kappa shape index (κ1) is 14.7. The highest BCUT2D eigenvalue weighted by molar-refractivity contribution is 5.92. The summed E-state index contributed by atoms with van der Waals surface area (Å²) in [4.78, 5) is 22.3. The molecule has 0 aliphatic heterocycles. The molecule has 1 atom stereocenters. The molecule has 0 radical (unpaired) electrons. The maximum atomic E-state index is 11.5. The smallest absolute Gasteiger partial charge is 0.308 e. The van der Waals surface area contributed by atoms with E-state index in [9.17, 15) is 9.59 Å². The van der Waals surface area contributed by atoms with Gasteiger partial charge in [0.2, 0.25) is 5.91 Å². The number of carboxylic acids is 1. The van der Waals surface area contributed by atoms with Crippen molar-refractivity contribution >= 4 is 11.9 Å². The molecule has 0 aliphatic rings. The van der Waals surface area contributed by atoms with Crippen molar-refractivity contribution in [3.8, 4) is 0 Å². The van der Waals surface area contributed by atoms with Crippen LogP contribution in [0.15, 0.2) is 11.6 Å². The Morgan fingerprint density at radius 2 is 2.00 bits per heavy atom. The Balaban J connectivity index is 4.15. The number of hydrogen-bond acceptors (Lipinski definition) is 2. The van der Waals surface area contributed by atoms with Crippen molar-refractivity contribution in [1.29, 1.82) is 0 Å². The number of amides is 1. The largest absolute Gasteiger partial charge is 0.481 e. The zero-order chi connectivity index (χ0) is 12.6. The summed E-state index contributed by atoms with van der Waals surface area (Å²) in [7, 11) is 0. The molecule has 1 unspecified atom stereocenters. The molecule has 0 aromatic carbocycles. The average Bonchev–Trinajstić information content (AvgIpc) is 2.23. The molecule has 0 aromatic rings. The van der Waals surface area contributed by atoms with Gasteiger partial charge in [-0.1, -0.05) is 26.3 Å². The number of rotatable bonds is 7. The van der Waals surface area contributed by atoms with Crippen molar-refractivity contribution in [2.75, 3.05) is 6.54 Å². The van der Waals surface area contributed by atoms with E-state index >= 15 is 0 Å². The fraction of sp³-hybridized carbons (Fsp3) is 0.667. The minimum absolute atomic E-state index is 0.177. The molecule has 0 rings (SSSR count). The van der Waals surface area contributed by atoms with E-state index in [-0.39, 0.29) is 12.5 Å². The minimum Gasteiger partial charge on any atom is -0.481 e. The lowest BCUT2D eigenvalue weighted by molar-refractivity contribution is -0.141. The quantitative estimate of drug-likeness (QED) is 0.653. The van der Waals surface area contributed by atoms with Crippen LogP contribution in [0.4, 0.5) is 0 Å². The summed E-state index contributed by atoms with van der Waals surface area (Å²) < 4.78 is 0. The molecule has 2 N–H and O–H groups in total. The molecule has 92 valence electrons. The molecule has 0 saturated heterocycles. The summed E-state index contributed by atoms with van der Waals surface area (Å²) in [6.45, 7) is 5.82. The van der Waals surface area contributed by atoms with Crippen LogP contribution in [0, 0.1) is 5.92 Å². The van der Waals surface area contributed by atoms with E-state index in [0.29, 0.717) is 12.0 Å². The van der Waals surface area contributed by atoms with Crippen LogP contribution in [0.25, 0.3) is 0 Å². The van der Waals surface area contributed by atoms with Gasteiger partial charge in [0.15, 0.2) is 0 Å². The lowest BCUT2D eigenvalue weighted by Gasteiger charge is -2.12. The Morgan fingerprint density at radius 3 is 2.44 bits per heavy atom. The zero-order valence-corrected chi connectivity index (χ0v) is 10.2. The Kier molecular flexibility index (Phi) is 7.25. The summed E-state index contributed by atoms with van der Waals surface area (Å²) in [5, 5.41) is 11.5. The van der Waals surface area contributed by atoms with Crippen LogP contribution >= 0.6 is 0 Å². The van der Waals surface area contributed by atoms with Gasteiger partial charge in [0.25, 0.3) is 0 Å². The molecular formula is C12H21NO3. The van der Waals surface area contributed by atoms with E-state index in [4.69, 9.17) is 5.11 Å². The molecule has 0 aromatic heterocycles. The first-order chi connectivity index (χ1) is 7.52. The molecule has 0 heterocycles. The van der Waals surface area contributed by atoms with Gasteiger partial charge in [-0.05, 0) is 19.8 Å². The van der Waals surface area contributed by atoms with E-state index in [1.807, 2.05) is 19.9 Å². The standard InChI is InChI=1S/C12H21NO3/c1-4-6-9(3)11(14)13-8-10(7-5-2)12(15)16/h6,10H,4-5,7-8H2,1-3H3,(H,13,14)(H,15,16). The fourth-order valence-corrected chi connectivity index (χ4v) is 1.42. The van der Waals surface area contributed by atoms with E-state index in [2.05, 4.69) is 5.32 Å². The van der Waals surface area contributed by atoms with Crippen LogP contribution in [0.3, 0.4) is 0 Å². The molecule has 0 saturated carbocycles. The van der Waals surface area contributed by atoms with Crippen molar-refractivity contribution in [3.05, 3.63) is 11.6 Å². The maximum absolute atomic E-state index is 11.5. The predicted octanol–water partition coefficient (Wildman–Crippen LogP) is 1.96. The second kappa shape index (κ2) is 7.91. The molecule has 4 nitrogen and oxygen atoms in total. The summed E-state index contributed by atoms with van der Waals surface area (Å²) in [5.74, 6) is -1.51. The van der Waals surface area contributed by atoms with Gasteiger partial charge in [-0.15, -0.1) is 0 Å². The van der Waals surface area contributed by atoms with E-state index in [1.54, 1.807) is 6.92 Å². The van der Waals surface area contributed by atoms with Crippen LogP contribution in [-0.4, -0.2) is 23.5 Å². The molecule has 0 spiro atoms. The highest BCUT2D eigenvalue weighted by Gasteiger charge is 2.17. The second-order valence-corrected chi connectivity index (χ2v) is 3.83. The first-order valence-electron chi connectivity index (χ1n) is 5.70. The summed E-state index contributed by atoms with van der Waals surface area (Å²) in [5.41, 5.74) is 0.642. The number of carboxylic acid groups (broad SMARTS) is 1. The van der Waals surface area contributed by atoms with Gasteiger partial charge < -0.3 is 10.4 Å². The van der Waals surface area contributed by atoms with Crippen molar-refractivity contribution in [1.82, 2.24) is 5.32 Å². The third-order valence-electron chi connectivity index (χ3n) is 2.36. The number of aliphatic carboxylic acids is 1. The van der Waals surface area contributed by atoms with Crippen molar-refractivity contribution in [2.45, 2.75) is 40.0 Å². The van der Waals surface area contributed by atoms with Gasteiger partial charge in [0.05, 0.1) is 5.92 Å². The van der Waals surface area contributed by atoms with Crippen LogP contribution in [0.1, 0.15) is 40.0 Å². The highest BCUT2D eigenvalue weighted by atomic mass is 16.4. The SMILES string of the molecule is CCC=C(C)C(=O)NCC(CCC)C(=O)O. The number of hydrogen-bond donors (Lipinski definition) is 2. The van der Waals surface area contributed by atoms with Crippen molar-refractivity contribution in [3.63, 3.8) is 0 Å². The van der Waals surface area contributed by atoms with E-state index in [1.165, 1.54) is 0 Å². The average molecular weight is 227 g/mol. The van der Waals surface area contributed by atoms with E-state index < -0.39 is 11.9 Å². The monoisotopic (exact) mass is 227 g/mol. The van der Waals surface area contributed by atoms with Crippen LogP contribution in [0.5, 0.6) is 0 Å². The molecule has 0 fully saturated rings. The first-order valence-corrected chi connectivity index (χ1v) is 5.70. The molecular weight excluding hydrogens is 206 g/mol.